The van der Waals surface area contributed by atoms with E-state index in [0.717, 1.165) is 0 Å². The second-order valence-corrected chi connectivity index (χ2v) is 5.77. The molecule has 0 unspecified atom stereocenters. The standard InChI is InChI=1S/C18H24FN3O3/c1-3-4-5-6-15(17(20)24)22-18(25)16(21-12(2)23)11-13-7-9-14(19)10-8-13/h3,7-10,15-16H,1,4-6,11H2,2H3,(H2,20,24)(H,21,23)(H,22,25)/t15-,16-/m1/s1. The Morgan fingerprint density at radius 1 is 1.20 bits per heavy atom. The van der Waals surface area contributed by atoms with Gasteiger partial charge in [-0.15, -0.1) is 6.58 Å². The zero-order valence-corrected chi connectivity index (χ0v) is 14.3. The third kappa shape index (κ3) is 7.60. The van der Waals surface area contributed by atoms with Crippen LogP contribution in [0, 0.1) is 5.82 Å². The highest BCUT2D eigenvalue weighted by atomic mass is 19.1. The van der Waals surface area contributed by atoms with E-state index in [1.807, 2.05) is 0 Å². The number of nitrogens with two attached hydrogens (primary N) is 1. The highest BCUT2D eigenvalue weighted by Crippen LogP contribution is 2.08. The van der Waals surface area contributed by atoms with Crippen LogP contribution >= 0.6 is 0 Å². The van der Waals surface area contributed by atoms with Crippen molar-refractivity contribution in [3.05, 3.63) is 48.3 Å². The number of carbonyl (C=O) groups excluding carboxylic acids is 3. The summed E-state index contributed by atoms with van der Waals surface area (Å²) in [6.07, 6.45) is 3.62. The minimum atomic E-state index is -0.885. The summed E-state index contributed by atoms with van der Waals surface area (Å²) < 4.78 is 13.0. The van der Waals surface area contributed by atoms with E-state index in [-0.39, 0.29) is 18.1 Å². The molecule has 7 heteroatoms. The first kappa shape index (κ1) is 20.3. The van der Waals surface area contributed by atoms with Gasteiger partial charge in [0.05, 0.1) is 0 Å². The Labute approximate surface area is 146 Å². The number of allylic oxidation sites excluding steroid dienone is 1. The molecule has 0 saturated heterocycles. The Morgan fingerprint density at radius 2 is 1.84 bits per heavy atom. The van der Waals surface area contributed by atoms with Gasteiger partial charge in [0.1, 0.15) is 17.9 Å². The number of unbranched alkanes of at least 4 members (excludes halogenated alkanes) is 1. The molecule has 25 heavy (non-hydrogen) atoms. The minimum Gasteiger partial charge on any atom is -0.368 e. The van der Waals surface area contributed by atoms with Gasteiger partial charge in [-0.05, 0) is 37.0 Å². The van der Waals surface area contributed by atoms with Crippen molar-refractivity contribution >= 4 is 17.7 Å². The number of hydrogen-bond donors (Lipinski definition) is 3. The lowest BCUT2D eigenvalue weighted by atomic mass is 10.0. The van der Waals surface area contributed by atoms with Crippen LogP contribution in [0.4, 0.5) is 4.39 Å². The number of carbonyl (C=O) groups is 3. The van der Waals surface area contributed by atoms with Crippen molar-refractivity contribution in [3.8, 4) is 0 Å². The maximum Gasteiger partial charge on any atom is 0.243 e. The van der Waals surface area contributed by atoms with Gasteiger partial charge in [0.15, 0.2) is 0 Å². The maximum atomic E-state index is 13.0. The Bertz CT molecular complexity index is 616. The van der Waals surface area contributed by atoms with E-state index in [4.69, 9.17) is 5.73 Å². The molecule has 0 aliphatic heterocycles. The molecule has 4 N–H and O–H groups in total. The van der Waals surface area contributed by atoms with E-state index in [0.29, 0.717) is 24.8 Å². The summed E-state index contributed by atoms with van der Waals surface area (Å²) in [6.45, 7) is 4.89. The molecule has 0 radical (unpaired) electrons. The molecule has 0 bridgehead atoms. The van der Waals surface area contributed by atoms with Crippen molar-refractivity contribution in [3.63, 3.8) is 0 Å². The zero-order chi connectivity index (χ0) is 18.8. The molecule has 0 spiro atoms. The summed E-state index contributed by atoms with van der Waals surface area (Å²) in [5.41, 5.74) is 6.01. The van der Waals surface area contributed by atoms with E-state index in [1.165, 1.54) is 31.2 Å². The average molecular weight is 349 g/mol. The summed E-state index contributed by atoms with van der Waals surface area (Å²) >= 11 is 0. The summed E-state index contributed by atoms with van der Waals surface area (Å²) in [5.74, 6) is -1.92. The Balaban J connectivity index is 2.79. The normalized spacial score (nSPS) is 12.7. The molecular weight excluding hydrogens is 325 g/mol. The monoisotopic (exact) mass is 349 g/mol. The quantitative estimate of drug-likeness (QED) is 0.437. The molecule has 1 aromatic carbocycles. The number of rotatable bonds is 10. The van der Waals surface area contributed by atoms with Crippen LogP contribution in [-0.4, -0.2) is 29.8 Å². The van der Waals surface area contributed by atoms with Crippen molar-refractivity contribution in [2.45, 2.75) is 44.7 Å². The molecule has 3 amide bonds. The lowest BCUT2D eigenvalue weighted by molar-refractivity contribution is -0.130. The average Bonchev–Trinajstić information content (AvgIpc) is 2.54. The molecule has 0 heterocycles. The molecule has 0 saturated carbocycles. The van der Waals surface area contributed by atoms with Gasteiger partial charge in [-0.1, -0.05) is 18.2 Å². The van der Waals surface area contributed by atoms with Crippen molar-refractivity contribution in [1.82, 2.24) is 10.6 Å². The van der Waals surface area contributed by atoms with Crippen LogP contribution in [-0.2, 0) is 20.8 Å². The maximum absolute atomic E-state index is 13.0. The van der Waals surface area contributed by atoms with E-state index in [9.17, 15) is 18.8 Å². The number of amides is 3. The molecule has 0 fully saturated rings. The Hall–Kier alpha value is -2.70. The van der Waals surface area contributed by atoms with Crippen molar-refractivity contribution in [2.24, 2.45) is 5.73 Å². The Kier molecular flexibility index (Phi) is 8.32. The highest BCUT2D eigenvalue weighted by molar-refractivity contribution is 5.91. The van der Waals surface area contributed by atoms with Crippen LogP contribution in [0.1, 0.15) is 31.7 Å². The smallest absolute Gasteiger partial charge is 0.243 e. The molecule has 1 rings (SSSR count). The number of benzene rings is 1. The van der Waals surface area contributed by atoms with Crippen molar-refractivity contribution < 1.29 is 18.8 Å². The highest BCUT2D eigenvalue weighted by Gasteiger charge is 2.25. The second kappa shape index (κ2) is 10.2. The molecule has 6 nitrogen and oxygen atoms in total. The molecular formula is C18H24FN3O3. The predicted molar refractivity (Wildman–Crippen MR) is 92.9 cm³/mol. The van der Waals surface area contributed by atoms with Gasteiger partial charge < -0.3 is 16.4 Å². The number of halogens is 1. The lowest BCUT2D eigenvalue weighted by Gasteiger charge is -2.21. The number of hydrogen-bond acceptors (Lipinski definition) is 3. The topological polar surface area (TPSA) is 101 Å². The van der Waals surface area contributed by atoms with E-state index >= 15 is 0 Å². The van der Waals surface area contributed by atoms with E-state index < -0.39 is 23.9 Å². The van der Waals surface area contributed by atoms with Crippen LogP contribution in [0.15, 0.2) is 36.9 Å². The van der Waals surface area contributed by atoms with Gasteiger partial charge in [-0.25, -0.2) is 4.39 Å². The van der Waals surface area contributed by atoms with Gasteiger partial charge in [0.25, 0.3) is 0 Å². The fourth-order valence-corrected chi connectivity index (χ4v) is 2.34. The number of nitrogens with one attached hydrogen (secondary N) is 2. The van der Waals surface area contributed by atoms with Gasteiger partial charge in [-0.2, -0.15) is 0 Å². The summed E-state index contributed by atoms with van der Waals surface area (Å²) in [7, 11) is 0. The molecule has 1 aromatic rings. The van der Waals surface area contributed by atoms with Crippen molar-refractivity contribution in [1.29, 1.82) is 0 Å². The third-order valence-electron chi connectivity index (χ3n) is 3.61. The third-order valence-corrected chi connectivity index (χ3v) is 3.61. The van der Waals surface area contributed by atoms with E-state index in [2.05, 4.69) is 17.2 Å². The SMILES string of the molecule is C=CCCC[C@@H](NC(=O)[C@@H](Cc1ccc(F)cc1)NC(C)=O)C(N)=O. The lowest BCUT2D eigenvalue weighted by Crippen LogP contribution is -2.53. The zero-order valence-electron chi connectivity index (χ0n) is 14.3. The molecule has 0 aromatic heterocycles. The van der Waals surface area contributed by atoms with Crippen LogP contribution < -0.4 is 16.4 Å². The van der Waals surface area contributed by atoms with Crippen LogP contribution in [0.5, 0.6) is 0 Å². The largest absolute Gasteiger partial charge is 0.368 e. The molecule has 2 atom stereocenters. The van der Waals surface area contributed by atoms with Crippen LogP contribution in [0.2, 0.25) is 0 Å². The van der Waals surface area contributed by atoms with Gasteiger partial charge in [-0.3, -0.25) is 14.4 Å². The van der Waals surface area contributed by atoms with Crippen LogP contribution in [0.3, 0.4) is 0 Å². The summed E-state index contributed by atoms with van der Waals surface area (Å²) in [6, 6.07) is 3.92. The van der Waals surface area contributed by atoms with Gasteiger partial charge in [0, 0.05) is 13.3 Å². The second-order valence-electron chi connectivity index (χ2n) is 5.77. The van der Waals surface area contributed by atoms with E-state index in [1.54, 1.807) is 6.08 Å². The predicted octanol–water partition coefficient (Wildman–Crippen LogP) is 1.20. The number of primary amides is 1. The first-order valence-corrected chi connectivity index (χ1v) is 8.05. The molecule has 0 aliphatic carbocycles. The first-order valence-electron chi connectivity index (χ1n) is 8.05. The Morgan fingerprint density at radius 3 is 2.36 bits per heavy atom. The molecule has 136 valence electrons. The first-order chi connectivity index (χ1) is 11.8. The van der Waals surface area contributed by atoms with Crippen molar-refractivity contribution in [2.75, 3.05) is 0 Å². The molecule has 0 aliphatic rings. The summed E-state index contributed by atoms with van der Waals surface area (Å²) in [5, 5.41) is 5.12. The van der Waals surface area contributed by atoms with Gasteiger partial charge in [0.2, 0.25) is 17.7 Å². The fraction of sp³-hybridized carbons (Fsp3) is 0.389. The minimum absolute atomic E-state index is 0.170. The van der Waals surface area contributed by atoms with Gasteiger partial charge >= 0.3 is 0 Å². The van der Waals surface area contributed by atoms with Crippen LogP contribution in [0.25, 0.3) is 0 Å². The summed E-state index contributed by atoms with van der Waals surface area (Å²) in [4.78, 5) is 35.4. The fourth-order valence-electron chi connectivity index (χ4n) is 2.34.